The number of rotatable bonds is 6. The van der Waals surface area contributed by atoms with Gasteiger partial charge in [0, 0.05) is 23.3 Å². The predicted octanol–water partition coefficient (Wildman–Crippen LogP) is 5.49. The fraction of sp³-hybridized carbons (Fsp3) is 0.0714. The lowest BCUT2D eigenvalue weighted by Crippen LogP contribution is -2.13. The van der Waals surface area contributed by atoms with Crippen molar-refractivity contribution in [2.45, 2.75) is 13.8 Å². The highest BCUT2D eigenvalue weighted by atomic mass is 16.6. The molecule has 0 aromatic heterocycles. The molecule has 6 nitrogen and oxygen atoms in total. The molecule has 6 heteroatoms. The minimum atomic E-state index is -1.07. The molecule has 0 saturated heterocycles. The topological polar surface area (TPSA) is 86.7 Å². The van der Waals surface area contributed by atoms with Gasteiger partial charge in [0.25, 0.3) is 0 Å². The average Bonchev–Trinajstić information content (AvgIpc) is 2.84. The lowest BCUT2D eigenvalue weighted by atomic mass is 10.2. The summed E-state index contributed by atoms with van der Waals surface area (Å²) in [5.41, 5.74) is 2.42. The van der Waals surface area contributed by atoms with Crippen LogP contribution in [0.15, 0.2) is 110 Å². The third-order valence-corrected chi connectivity index (χ3v) is 3.51. The normalized spacial score (nSPS) is 9.12. The molecular formula is C28H28O6. The predicted molar refractivity (Wildman–Crippen MR) is 134 cm³/mol. The summed E-state index contributed by atoms with van der Waals surface area (Å²) in [4.78, 5) is 43.8. The number of hydrogen-bond acceptors (Lipinski definition) is 6. The molecule has 176 valence electrons. The summed E-state index contributed by atoms with van der Waals surface area (Å²) in [5.74, 6) is -3.95. The van der Waals surface area contributed by atoms with E-state index in [0.29, 0.717) is 12.2 Å². The van der Waals surface area contributed by atoms with Gasteiger partial charge in [-0.05, 0) is 25.0 Å². The summed E-state index contributed by atoms with van der Waals surface area (Å²) < 4.78 is 8.48. The van der Waals surface area contributed by atoms with Gasteiger partial charge >= 0.3 is 23.9 Å². The van der Waals surface area contributed by atoms with Gasteiger partial charge in [0.05, 0.1) is 0 Å². The quantitative estimate of drug-likeness (QED) is 0.322. The first-order valence-corrected chi connectivity index (χ1v) is 9.97. The standard InChI is InChI=1S/C12H12O6.2C8H8/c1-7(2)11(15)17-9(13)5-6-10(14)18-12(16)8(3)4;2*1-2-8-6-4-3-5-7-8/h5-6H,1,3H2,2,4H3;2*2-7H,1H2/b6-5-;;. The van der Waals surface area contributed by atoms with E-state index in [-0.39, 0.29) is 11.1 Å². The van der Waals surface area contributed by atoms with Crippen LogP contribution in [0.5, 0.6) is 0 Å². The molecule has 0 bridgehead atoms. The maximum atomic E-state index is 11.0. The SMILES string of the molecule is C=C(C)C(=O)OC(=O)/C=C\C(=O)OC(=O)C(=C)C.C=Cc1ccccc1.C=Cc1ccccc1. The van der Waals surface area contributed by atoms with Crippen LogP contribution in [0.4, 0.5) is 0 Å². The fourth-order valence-electron chi connectivity index (χ4n) is 1.74. The third-order valence-electron chi connectivity index (χ3n) is 3.51. The number of benzene rings is 2. The molecular weight excluding hydrogens is 432 g/mol. The molecule has 0 heterocycles. The van der Waals surface area contributed by atoms with Crippen LogP contribution in [0.25, 0.3) is 12.2 Å². The molecule has 0 radical (unpaired) electrons. The summed E-state index contributed by atoms with van der Waals surface area (Å²) in [6, 6.07) is 20.1. The molecule has 0 aliphatic heterocycles. The van der Waals surface area contributed by atoms with Crippen molar-refractivity contribution in [3.63, 3.8) is 0 Å². The van der Waals surface area contributed by atoms with E-state index in [2.05, 4.69) is 35.8 Å². The average molecular weight is 461 g/mol. The molecule has 0 amide bonds. The Balaban J connectivity index is 0.000000554. The van der Waals surface area contributed by atoms with Crippen LogP contribution >= 0.6 is 0 Å². The molecule has 2 aromatic carbocycles. The van der Waals surface area contributed by atoms with Crippen LogP contribution < -0.4 is 0 Å². The molecule has 0 atom stereocenters. The maximum absolute atomic E-state index is 11.0. The smallest absolute Gasteiger partial charge is 0.340 e. The summed E-state index contributed by atoms with van der Waals surface area (Å²) in [5, 5.41) is 0. The van der Waals surface area contributed by atoms with Crippen LogP contribution in [-0.2, 0) is 28.7 Å². The van der Waals surface area contributed by atoms with Crippen molar-refractivity contribution >= 4 is 36.0 Å². The molecule has 2 aromatic rings. The number of carbonyl (C=O) groups is 4. The van der Waals surface area contributed by atoms with Crippen molar-refractivity contribution in [3.8, 4) is 0 Å². The van der Waals surface area contributed by atoms with Gasteiger partial charge in [-0.1, -0.05) is 99.1 Å². The third kappa shape index (κ3) is 14.4. The minimum Gasteiger partial charge on any atom is -0.386 e. The van der Waals surface area contributed by atoms with Gasteiger partial charge in [-0.3, -0.25) is 0 Å². The van der Waals surface area contributed by atoms with Crippen LogP contribution in [0.1, 0.15) is 25.0 Å². The zero-order valence-electron chi connectivity index (χ0n) is 19.4. The first-order chi connectivity index (χ1) is 16.1. The zero-order valence-corrected chi connectivity index (χ0v) is 19.4. The zero-order chi connectivity index (χ0) is 25.9. The highest BCUT2D eigenvalue weighted by Gasteiger charge is 2.11. The number of carbonyl (C=O) groups excluding carboxylic acids is 4. The van der Waals surface area contributed by atoms with Crippen molar-refractivity contribution in [2.24, 2.45) is 0 Å². The van der Waals surface area contributed by atoms with E-state index in [9.17, 15) is 19.2 Å². The van der Waals surface area contributed by atoms with Gasteiger partial charge in [0.2, 0.25) is 0 Å². The van der Waals surface area contributed by atoms with E-state index in [0.717, 1.165) is 0 Å². The summed E-state index contributed by atoms with van der Waals surface area (Å²) >= 11 is 0. The lowest BCUT2D eigenvalue weighted by molar-refractivity contribution is -0.156. The highest BCUT2D eigenvalue weighted by Crippen LogP contribution is 1.98. The second-order valence-corrected chi connectivity index (χ2v) is 6.54. The van der Waals surface area contributed by atoms with Gasteiger partial charge in [-0.25, -0.2) is 19.2 Å². The van der Waals surface area contributed by atoms with Crippen LogP contribution in [0.2, 0.25) is 0 Å². The van der Waals surface area contributed by atoms with E-state index in [1.165, 1.54) is 25.0 Å². The Bertz CT molecular complexity index is 961. The van der Waals surface area contributed by atoms with Crippen LogP contribution in [0.3, 0.4) is 0 Å². The summed E-state index contributed by atoms with van der Waals surface area (Å²) in [7, 11) is 0. The van der Waals surface area contributed by atoms with E-state index in [1.807, 2.05) is 72.8 Å². The first kappa shape index (κ1) is 29.4. The number of hydrogen-bond donors (Lipinski definition) is 0. The van der Waals surface area contributed by atoms with Crippen LogP contribution in [0, 0.1) is 0 Å². The minimum absolute atomic E-state index is 0.0387. The maximum Gasteiger partial charge on any atom is 0.340 e. The number of ether oxygens (including phenoxy) is 2. The van der Waals surface area contributed by atoms with Gasteiger partial charge < -0.3 is 9.47 Å². The Morgan fingerprint density at radius 3 is 1.12 bits per heavy atom. The van der Waals surface area contributed by atoms with Gasteiger partial charge in [0.15, 0.2) is 0 Å². The Morgan fingerprint density at radius 2 is 0.912 bits per heavy atom. The molecule has 0 unspecified atom stereocenters. The molecule has 0 fully saturated rings. The monoisotopic (exact) mass is 460 g/mol. The molecule has 0 saturated carbocycles. The summed E-state index contributed by atoms with van der Waals surface area (Å²) in [6.45, 7) is 16.5. The fourth-order valence-corrected chi connectivity index (χ4v) is 1.74. The number of esters is 4. The van der Waals surface area contributed by atoms with E-state index >= 15 is 0 Å². The van der Waals surface area contributed by atoms with E-state index in [1.54, 1.807) is 0 Å². The Hall–Kier alpha value is -4.58. The Morgan fingerprint density at radius 1 is 0.618 bits per heavy atom. The van der Waals surface area contributed by atoms with Crippen LogP contribution in [-0.4, -0.2) is 23.9 Å². The molecule has 0 aliphatic carbocycles. The van der Waals surface area contributed by atoms with Gasteiger partial charge in [-0.15, -0.1) is 0 Å². The molecule has 0 N–H and O–H groups in total. The lowest BCUT2D eigenvalue weighted by Gasteiger charge is -1.98. The second-order valence-electron chi connectivity index (χ2n) is 6.54. The van der Waals surface area contributed by atoms with Crippen molar-refractivity contribution in [3.05, 3.63) is 121 Å². The molecule has 2 rings (SSSR count). The highest BCUT2D eigenvalue weighted by molar-refractivity contribution is 6.03. The molecule has 34 heavy (non-hydrogen) atoms. The van der Waals surface area contributed by atoms with Gasteiger partial charge in [-0.2, -0.15) is 0 Å². The van der Waals surface area contributed by atoms with Crippen molar-refractivity contribution in [1.29, 1.82) is 0 Å². The first-order valence-electron chi connectivity index (χ1n) is 9.97. The Labute approximate surface area is 200 Å². The van der Waals surface area contributed by atoms with E-state index in [4.69, 9.17) is 0 Å². The van der Waals surface area contributed by atoms with Crippen molar-refractivity contribution in [1.82, 2.24) is 0 Å². The van der Waals surface area contributed by atoms with Gasteiger partial charge in [0.1, 0.15) is 0 Å². The van der Waals surface area contributed by atoms with Crippen molar-refractivity contribution in [2.75, 3.05) is 0 Å². The molecule has 0 aliphatic rings. The summed E-state index contributed by atoms with van der Waals surface area (Å²) in [6.07, 6.45) is 4.99. The van der Waals surface area contributed by atoms with Crippen molar-refractivity contribution < 1.29 is 28.7 Å². The van der Waals surface area contributed by atoms with E-state index < -0.39 is 23.9 Å². The largest absolute Gasteiger partial charge is 0.386 e. The molecule has 0 spiro atoms. The second kappa shape index (κ2) is 17.0. The Kier molecular flexibility index (Phi) is 14.7.